The molecule has 0 bridgehead atoms. The molecule has 1 saturated heterocycles. The van der Waals surface area contributed by atoms with Crippen LogP contribution in [0.25, 0.3) is 0 Å². The number of carbonyl (C=O) groups excluding carboxylic acids is 1. The van der Waals surface area contributed by atoms with Gasteiger partial charge in [0.15, 0.2) is 9.84 Å². The van der Waals surface area contributed by atoms with Gasteiger partial charge in [0.05, 0.1) is 5.75 Å². The lowest BCUT2D eigenvalue weighted by Gasteiger charge is -2.47. The normalized spacial score (nSPS) is 25.8. The molecule has 1 unspecified atom stereocenters. The SMILES string of the molecule is C=CCC1(CC=C)CCCCN1C(=O)CC1C=CS(=O)(=O)C1. The second kappa shape index (κ2) is 6.82. The van der Waals surface area contributed by atoms with Crippen molar-refractivity contribution in [3.05, 3.63) is 36.8 Å². The molecule has 1 amide bonds. The molecule has 1 fully saturated rings. The Labute approximate surface area is 133 Å². The molecule has 0 aliphatic carbocycles. The highest BCUT2D eigenvalue weighted by atomic mass is 32.2. The van der Waals surface area contributed by atoms with Crippen LogP contribution in [0.1, 0.15) is 38.5 Å². The minimum Gasteiger partial charge on any atom is -0.336 e. The summed E-state index contributed by atoms with van der Waals surface area (Å²) in [7, 11) is -3.10. The standard InChI is InChI=1S/C17H25NO3S/c1-3-8-17(9-4-2)10-5-6-11-18(17)16(19)13-15-7-12-22(20,21)14-15/h3-4,7,12,15H,1-2,5-6,8-11,13-14H2. The first-order valence-electron chi connectivity index (χ1n) is 7.86. The zero-order valence-electron chi connectivity index (χ0n) is 13.0. The smallest absolute Gasteiger partial charge is 0.223 e. The van der Waals surface area contributed by atoms with Crippen molar-refractivity contribution in [1.82, 2.24) is 4.90 Å². The minimum atomic E-state index is -3.10. The van der Waals surface area contributed by atoms with Gasteiger partial charge in [-0.05, 0) is 32.1 Å². The fraction of sp³-hybridized carbons (Fsp3) is 0.588. The summed E-state index contributed by atoms with van der Waals surface area (Å²) in [6.45, 7) is 8.41. The minimum absolute atomic E-state index is 0.0511. The number of nitrogens with zero attached hydrogens (tertiary/aromatic N) is 1. The molecular weight excluding hydrogens is 298 g/mol. The van der Waals surface area contributed by atoms with Gasteiger partial charge in [-0.1, -0.05) is 18.2 Å². The van der Waals surface area contributed by atoms with E-state index < -0.39 is 9.84 Å². The van der Waals surface area contributed by atoms with Crippen LogP contribution in [0.5, 0.6) is 0 Å². The van der Waals surface area contributed by atoms with E-state index in [9.17, 15) is 13.2 Å². The molecule has 0 saturated carbocycles. The number of hydrogen-bond donors (Lipinski definition) is 0. The maximum absolute atomic E-state index is 12.8. The number of piperidine rings is 1. The van der Waals surface area contributed by atoms with Crippen molar-refractivity contribution in [2.75, 3.05) is 12.3 Å². The Kier molecular flexibility index (Phi) is 5.27. The Morgan fingerprint density at radius 3 is 2.50 bits per heavy atom. The third-order valence-corrected chi connectivity index (χ3v) is 6.10. The molecule has 0 radical (unpaired) electrons. The topological polar surface area (TPSA) is 54.5 Å². The molecule has 5 heteroatoms. The highest BCUT2D eigenvalue weighted by Crippen LogP contribution is 2.36. The Hall–Kier alpha value is -1.36. The van der Waals surface area contributed by atoms with Crippen molar-refractivity contribution in [2.24, 2.45) is 5.92 Å². The maximum atomic E-state index is 12.8. The lowest BCUT2D eigenvalue weighted by atomic mass is 9.80. The van der Waals surface area contributed by atoms with Crippen molar-refractivity contribution in [3.63, 3.8) is 0 Å². The predicted octanol–water partition coefficient (Wildman–Crippen LogP) is 2.84. The van der Waals surface area contributed by atoms with Crippen LogP contribution in [0, 0.1) is 5.92 Å². The molecule has 22 heavy (non-hydrogen) atoms. The lowest BCUT2D eigenvalue weighted by Crippen LogP contribution is -2.54. The molecular formula is C17H25NO3S. The predicted molar refractivity (Wildman–Crippen MR) is 89.0 cm³/mol. The van der Waals surface area contributed by atoms with Crippen LogP contribution in [0.15, 0.2) is 36.8 Å². The van der Waals surface area contributed by atoms with Crippen LogP contribution < -0.4 is 0 Å². The highest BCUT2D eigenvalue weighted by Gasteiger charge is 2.40. The fourth-order valence-electron chi connectivity index (χ4n) is 3.63. The number of carbonyl (C=O) groups is 1. The Morgan fingerprint density at radius 1 is 1.27 bits per heavy atom. The van der Waals surface area contributed by atoms with Gasteiger partial charge in [0.2, 0.25) is 5.91 Å². The number of sulfone groups is 1. The molecule has 4 nitrogen and oxygen atoms in total. The monoisotopic (exact) mass is 323 g/mol. The van der Waals surface area contributed by atoms with Crippen molar-refractivity contribution in [2.45, 2.75) is 44.1 Å². The third-order valence-electron chi connectivity index (χ3n) is 4.64. The zero-order chi connectivity index (χ0) is 16.2. The molecule has 2 aliphatic rings. The van der Waals surface area contributed by atoms with Crippen molar-refractivity contribution in [3.8, 4) is 0 Å². The molecule has 0 aromatic rings. The largest absolute Gasteiger partial charge is 0.336 e. The summed E-state index contributed by atoms with van der Waals surface area (Å²) in [6.07, 6.45) is 10.2. The summed E-state index contributed by atoms with van der Waals surface area (Å²) < 4.78 is 23.0. The zero-order valence-corrected chi connectivity index (χ0v) is 13.9. The van der Waals surface area contributed by atoms with Crippen molar-refractivity contribution >= 4 is 15.7 Å². The molecule has 0 aromatic carbocycles. The van der Waals surface area contributed by atoms with E-state index in [1.165, 1.54) is 5.41 Å². The molecule has 122 valence electrons. The summed E-state index contributed by atoms with van der Waals surface area (Å²) in [5, 5.41) is 1.24. The summed E-state index contributed by atoms with van der Waals surface area (Å²) >= 11 is 0. The molecule has 0 N–H and O–H groups in total. The van der Waals surface area contributed by atoms with Gasteiger partial charge < -0.3 is 4.90 Å². The number of hydrogen-bond acceptors (Lipinski definition) is 3. The molecule has 1 atom stereocenters. The number of amides is 1. The van der Waals surface area contributed by atoms with E-state index in [0.29, 0.717) is 0 Å². The molecule has 2 aliphatic heterocycles. The second-order valence-electron chi connectivity index (χ2n) is 6.33. The first kappa shape index (κ1) is 17.0. The highest BCUT2D eigenvalue weighted by molar-refractivity contribution is 7.94. The van der Waals surface area contributed by atoms with E-state index in [-0.39, 0.29) is 29.5 Å². The average Bonchev–Trinajstić information content (AvgIpc) is 2.79. The van der Waals surface area contributed by atoms with Gasteiger partial charge in [-0.3, -0.25) is 4.79 Å². The van der Waals surface area contributed by atoms with Crippen LogP contribution in [-0.2, 0) is 14.6 Å². The Bertz CT molecular complexity index is 567. The van der Waals surface area contributed by atoms with E-state index in [0.717, 1.165) is 38.6 Å². The van der Waals surface area contributed by atoms with Crippen LogP contribution in [0.4, 0.5) is 0 Å². The van der Waals surface area contributed by atoms with E-state index in [1.54, 1.807) is 6.08 Å². The molecule has 0 spiro atoms. The Morgan fingerprint density at radius 2 is 1.95 bits per heavy atom. The van der Waals surface area contributed by atoms with Crippen LogP contribution in [0.3, 0.4) is 0 Å². The summed E-state index contributed by atoms with van der Waals surface area (Å²) in [4.78, 5) is 14.7. The van der Waals surface area contributed by atoms with E-state index in [1.807, 2.05) is 17.1 Å². The van der Waals surface area contributed by atoms with E-state index >= 15 is 0 Å². The first-order valence-corrected chi connectivity index (χ1v) is 9.57. The number of allylic oxidation sites excluding steroid dienone is 1. The van der Waals surface area contributed by atoms with Gasteiger partial charge in [-0.15, -0.1) is 13.2 Å². The van der Waals surface area contributed by atoms with Gasteiger partial charge in [0.1, 0.15) is 0 Å². The molecule has 2 heterocycles. The van der Waals surface area contributed by atoms with Gasteiger partial charge in [-0.25, -0.2) is 8.42 Å². The van der Waals surface area contributed by atoms with Crippen molar-refractivity contribution in [1.29, 1.82) is 0 Å². The van der Waals surface area contributed by atoms with Gasteiger partial charge in [-0.2, -0.15) is 0 Å². The molecule has 0 aromatic heterocycles. The fourth-order valence-corrected chi connectivity index (χ4v) is 5.03. The summed E-state index contributed by atoms with van der Waals surface area (Å²) in [5.41, 5.74) is -0.222. The van der Waals surface area contributed by atoms with Gasteiger partial charge >= 0.3 is 0 Å². The maximum Gasteiger partial charge on any atom is 0.223 e. The van der Waals surface area contributed by atoms with E-state index in [4.69, 9.17) is 0 Å². The van der Waals surface area contributed by atoms with Crippen LogP contribution >= 0.6 is 0 Å². The lowest BCUT2D eigenvalue weighted by molar-refractivity contribution is -0.140. The average molecular weight is 323 g/mol. The first-order chi connectivity index (χ1) is 10.4. The van der Waals surface area contributed by atoms with Gasteiger partial charge in [0.25, 0.3) is 0 Å². The van der Waals surface area contributed by atoms with Crippen molar-refractivity contribution < 1.29 is 13.2 Å². The van der Waals surface area contributed by atoms with E-state index in [2.05, 4.69) is 13.2 Å². The second-order valence-corrected chi connectivity index (χ2v) is 8.27. The quantitative estimate of drug-likeness (QED) is 0.706. The van der Waals surface area contributed by atoms with Crippen LogP contribution in [-0.4, -0.2) is 37.1 Å². The summed E-state index contributed by atoms with van der Waals surface area (Å²) in [6, 6.07) is 0. The van der Waals surface area contributed by atoms with Gasteiger partial charge in [0, 0.05) is 29.8 Å². The third kappa shape index (κ3) is 3.69. The number of rotatable bonds is 6. The molecule has 2 rings (SSSR count). The van der Waals surface area contributed by atoms with Crippen LogP contribution in [0.2, 0.25) is 0 Å². The number of likely N-dealkylation sites (tertiary alicyclic amines) is 1. The Balaban J connectivity index is 2.12. The summed E-state index contributed by atoms with van der Waals surface area (Å²) in [5.74, 6) is -0.0811.